The van der Waals surface area contributed by atoms with E-state index in [9.17, 15) is 0 Å². The molecule has 5 nitrogen and oxygen atoms in total. The van der Waals surface area contributed by atoms with E-state index in [4.69, 9.17) is 10.7 Å². The van der Waals surface area contributed by atoms with Crippen LogP contribution in [0, 0.1) is 0 Å². The van der Waals surface area contributed by atoms with Crippen molar-refractivity contribution < 1.29 is 5.32 Å². The van der Waals surface area contributed by atoms with Crippen molar-refractivity contribution >= 4 is 27.8 Å². The molecule has 0 spiro atoms. The van der Waals surface area contributed by atoms with Crippen LogP contribution in [0.2, 0.25) is 0 Å². The van der Waals surface area contributed by atoms with Crippen LogP contribution in [0.4, 0.5) is 0 Å². The molecule has 1 saturated heterocycles. The fourth-order valence-electron chi connectivity index (χ4n) is 6.00. The molecule has 0 amide bonds. The van der Waals surface area contributed by atoms with Crippen LogP contribution in [-0.4, -0.2) is 12.4 Å². The van der Waals surface area contributed by atoms with Crippen molar-refractivity contribution in [3.63, 3.8) is 0 Å². The number of hydrogen-bond acceptors (Lipinski definition) is 4. The third-order valence-electron chi connectivity index (χ3n) is 8.30. The van der Waals surface area contributed by atoms with Gasteiger partial charge in [0.15, 0.2) is 12.3 Å². The minimum atomic E-state index is -0.118. The molecule has 5 aromatic carbocycles. The van der Waals surface area contributed by atoms with Crippen molar-refractivity contribution in [3.05, 3.63) is 155 Å². The lowest BCUT2D eigenvalue weighted by Crippen LogP contribution is -3.00. The molecule has 5 aromatic rings. The van der Waals surface area contributed by atoms with Crippen molar-refractivity contribution in [1.82, 2.24) is 10.6 Å². The summed E-state index contributed by atoms with van der Waals surface area (Å²) in [7, 11) is 0. The lowest BCUT2D eigenvalue weighted by molar-refractivity contribution is -0.741. The number of nitrogens with one attached hydrogen (secondary N) is 2. The summed E-state index contributed by atoms with van der Waals surface area (Å²) in [5.41, 5.74) is 13.6. The number of aliphatic imine (C=N–C) groups is 1. The van der Waals surface area contributed by atoms with E-state index in [1.165, 1.54) is 49.4 Å². The van der Waals surface area contributed by atoms with Gasteiger partial charge in [-0.15, -0.1) is 0 Å². The minimum Gasteiger partial charge on any atom is -0.396 e. The number of nitrogens with zero attached hydrogens (tertiary/aromatic N) is 1. The second-order valence-corrected chi connectivity index (χ2v) is 11.0. The Morgan fingerprint density at radius 3 is 2.12 bits per heavy atom. The maximum atomic E-state index is 6.81. The Kier molecular flexibility index (Phi) is 6.69. The normalized spacial score (nSPS) is 22.8. The van der Waals surface area contributed by atoms with Gasteiger partial charge in [0.2, 0.25) is 0 Å². The number of hydrogen-bond donors (Lipinski definition) is 4. The van der Waals surface area contributed by atoms with Gasteiger partial charge >= 0.3 is 0 Å². The van der Waals surface area contributed by atoms with E-state index in [1.54, 1.807) is 0 Å². The maximum absolute atomic E-state index is 6.81. The van der Waals surface area contributed by atoms with Crippen molar-refractivity contribution in [2.24, 2.45) is 10.7 Å². The Bertz CT molecular complexity index is 1750. The molecule has 1 fully saturated rings. The van der Waals surface area contributed by atoms with Crippen LogP contribution in [0.5, 0.6) is 0 Å². The summed E-state index contributed by atoms with van der Waals surface area (Å²) in [5, 5.41) is 14.8. The molecule has 6 N–H and O–H groups in total. The minimum absolute atomic E-state index is 0.0191. The summed E-state index contributed by atoms with van der Waals surface area (Å²) in [6, 6.07) is 38.8. The summed E-state index contributed by atoms with van der Waals surface area (Å²) in [4.78, 5) is 4.75. The van der Waals surface area contributed by atoms with Crippen LogP contribution < -0.4 is 21.7 Å². The molecule has 2 aliphatic heterocycles. The largest absolute Gasteiger partial charge is 0.396 e. The first-order chi connectivity index (χ1) is 20.1. The summed E-state index contributed by atoms with van der Waals surface area (Å²) in [5.74, 6) is 0. The zero-order valence-corrected chi connectivity index (χ0v) is 23.0. The Morgan fingerprint density at radius 2 is 1.37 bits per heavy atom. The van der Waals surface area contributed by atoms with E-state index in [-0.39, 0.29) is 24.5 Å². The topological polar surface area (TPSA) is 79.0 Å². The van der Waals surface area contributed by atoms with E-state index in [0.717, 1.165) is 5.70 Å². The molecule has 2 heterocycles. The van der Waals surface area contributed by atoms with Gasteiger partial charge in [0.25, 0.3) is 0 Å². The summed E-state index contributed by atoms with van der Waals surface area (Å²) in [6.45, 7) is 2.13. The zero-order valence-electron chi connectivity index (χ0n) is 23.0. The molecule has 4 atom stereocenters. The quantitative estimate of drug-likeness (QED) is 0.217. The highest BCUT2D eigenvalue weighted by Gasteiger charge is 2.33. The third-order valence-corrected chi connectivity index (χ3v) is 8.30. The van der Waals surface area contributed by atoms with Gasteiger partial charge in [-0.3, -0.25) is 4.99 Å². The van der Waals surface area contributed by atoms with Crippen LogP contribution >= 0.6 is 0 Å². The Labute approximate surface area is 240 Å². The lowest BCUT2D eigenvalue weighted by Gasteiger charge is -2.36. The summed E-state index contributed by atoms with van der Waals surface area (Å²) in [6.07, 6.45) is 5.95. The van der Waals surface area contributed by atoms with Crippen LogP contribution in [0.25, 0.3) is 21.5 Å². The van der Waals surface area contributed by atoms with Gasteiger partial charge < -0.3 is 11.1 Å². The highest BCUT2D eigenvalue weighted by Crippen LogP contribution is 2.32. The summed E-state index contributed by atoms with van der Waals surface area (Å²) >= 11 is 0. The second kappa shape index (κ2) is 10.8. The van der Waals surface area contributed by atoms with Gasteiger partial charge in [0.05, 0.1) is 17.9 Å². The van der Waals surface area contributed by atoms with Crippen molar-refractivity contribution in [1.29, 1.82) is 0 Å². The predicted molar refractivity (Wildman–Crippen MR) is 168 cm³/mol. The lowest BCUT2D eigenvalue weighted by atomic mass is 9.98. The van der Waals surface area contributed by atoms with E-state index in [0.29, 0.717) is 0 Å². The number of quaternary nitrogens is 1. The molecule has 0 aliphatic carbocycles. The monoisotopic (exact) mass is 536 g/mol. The molecule has 4 unspecified atom stereocenters. The molecular formula is C36H34N5+. The number of fused-ring (bicyclic) bond motifs is 3. The van der Waals surface area contributed by atoms with Gasteiger partial charge in [-0.1, -0.05) is 103 Å². The first-order valence-electron chi connectivity index (χ1n) is 14.2. The SMILES string of the molecule is C/C(=C\C=C(/N)C1NC(c2ccc3ccccc3c2)NC(c2ccc3ccccc3c2)[NH2+]1)C1N=Cc2ccccc21. The van der Waals surface area contributed by atoms with Crippen LogP contribution in [0.1, 0.15) is 47.6 Å². The van der Waals surface area contributed by atoms with Crippen molar-refractivity contribution in [2.75, 3.05) is 0 Å². The van der Waals surface area contributed by atoms with E-state index in [1.807, 2.05) is 12.3 Å². The zero-order chi connectivity index (χ0) is 27.8. The van der Waals surface area contributed by atoms with Gasteiger partial charge in [-0.25, -0.2) is 10.6 Å². The fourth-order valence-corrected chi connectivity index (χ4v) is 6.00. The first-order valence-corrected chi connectivity index (χ1v) is 14.2. The van der Waals surface area contributed by atoms with Gasteiger partial charge in [-0.05, 0) is 68.9 Å². The van der Waals surface area contributed by atoms with Crippen molar-refractivity contribution in [2.45, 2.75) is 31.5 Å². The molecule has 0 aromatic heterocycles. The fraction of sp³-hybridized carbons (Fsp3) is 0.139. The highest BCUT2D eigenvalue weighted by molar-refractivity contribution is 5.86. The molecule has 0 bridgehead atoms. The molecule has 202 valence electrons. The molecule has 0 saturated carbocycles. The number of benzene rings is 5. The number of nitrogens with two attached hydrogens (primary N) is 2. The standard InChI is InChI=1S/C36H33N5/c1-23(33-31-13-7-6-12-30(31)22-38-33)14-19-32(37)36-40-34(28-17-15-24-8-2-4-10-26(24)20-28)39-35(41-36)29-18-16-25-9-3-5-11-27(25)21-29/h2-22,33-36,39-41H,37H2,1H3/p+1/b23-14+,32-19-. The average Bonchev–Trinajstić information content (AvgIpc) is 3.47. The first kappa shape index (κ1) is 25.4. The average molecular weight is 537 g/mol. The molecular weight excluding hydrogens is 502 g/mol. The Balaban J connectivity index is 1.21. The van der Waals surface area contributed by atoms with E-state index in [2.05, 4.69) is 138 Å². The molecule has 5 heteroatoms. The van der Waals surface area contributed by atoms with Gasteiger partial charge in [-0.2, -0.15) is 0 Å². The van der Waals surface area contributed by atoms with E-state index >= 15 is 0 Å². The van der Waals surface area contributed by atoms with E-state index < -0.39 is 0 Å². The third kappa shape index (κ3) is 5.07. The summed E-state index contributed by atoms with van der Waals surface area (Å²) < 4.78 is 0. The smallest absolute Gasteiger partial charge is 0.183 e. The Hall–Kier alpha value is -4.55. The molecule has 41 heavy (non-hydrogen) atoms. The van der Waals surface area contributed by atoms with Gasteiger partial charge in [0, 0.05) is 11.8 Å². The van der Waals surface area contributed by atoms with Crippen LogP contribution in [0.3, 0.4) is 0 Å². The second-order valence-electron chi connectivity index (χ2n) is 11.0. The number of rotatable bonds is 5. The molecule has 2 aliphatic rings. The maximum Gasteiger partial charge on any atom is 0.183 e. The van der Waals surface area contributed by atoms with Crippen molar-refractivity contribution in [3.8, 4) is 0 Å². The molecule has 7 rings (SSSR count). The molecule has 0 radical (unpaired) electrons. The van der Waals surface area contributed by atoms with Crippen LogP contribution in [-0.2, 0) is 0 Å². The predicted octanol–water partition coefficient (Wildman–Crippen LogP) is 5.74. The van der Waals surface area contributed by atoms with Gasteiger partial charge in [0.1, 0.15) is 0 Å². The number of allylic oxidation sites excluding steroid dienone is 2. The Morgan fingerprint density at radius 1 is 0.732 bits per heavy atom. The highest BCUT2D eigenvalue weighted by atomic mass is 15.4. The van der Waals surface area contributed by atoms with Crippen LogP contribution in [0.15, 0.2) is 138 Å².